The molecule has 0 aromatic heterocycles. The molecule has 0 heterocycles. The van der Waals surface area contributed by atoms with Gasteiger partial charge in [0.2, 0.25) is 0 Å². The highest BCUT2D eigenvalue weighted by Gasteiger charge is 2.25. The van der Waals surface area contributed by atoms with Crippen molar-refractivity contribution >= 4 is 43.2 Å². The Labute approximate surface area is 155 Å². The number of sulfonamides is 1. The molecule has 5 nitrogen and oxygen atoms in total. The molecule has 2 aromatic rings. The van der Waals surface area contributed by atoms with E-state index in [4.69, 9.17) is 21.1 Å². The van der Waals surface area contributed by atoms with Gasteiger partial charge in [0.25, 0.3) is 10.0 Å². The zero-order valence-corrected chi connectivity index (χ0v) is 16.6. The summed E-state index contributed by atoms with van der Waals surface area (Å²) in [6.45, 7) is 2.02. The highest BCUT2D eigenvalue weighted by molar-refractivity contribution is 9.10. The van der Waals surface area contributed by atoms with Crippen LogP contribution in [-0.4, -0.2) is 29.2 Å². The number of halogens is 2. The summed E-state index contributed by atoms with van der Waals surface area (Å²) in [6, 6.07) is 9.50. The lowest BCUT2D eigenvalue weighted by molar-refractivity contribution is 0.354. The zero-order chi connectivity index (χ0) is 17.9. The van der Waals surface area contributed by atoms with Gasteiger partial charge in [-0.3, -0.25) is 4.31 Å². The van der Waals surface area contributed by atoms with Crippen LogP contribution in [0.3, 0.4) is 0 Å². The molecule has 0 fully saturated rings. The maximum atomic E-state index is 13.0. The molecule has 0 aliphatic carbocycles. The average Bonchev–Trinajstić information content (AvgIpc) is 2.57. The van der Waals surface area contributed by atoms with E-state index in [1.807, 2.05) is 0 Å². The van der Waals surface area contributed by atoms with E-state index in [1.54, 1.807) is 31.2 Å². The third-order valence-corrected chi connectivity index (χ3v) is 6.55. The summed E-state index contributed by atoms with van der Waals surface area (Å²) >= 11 is 9.39. The fourth-order valence-electron chi connectivity index (χ4n) is 2.24. The lowest BCUT2D eigenvalue weighted by atomic mass is 10.3. The highest BCUT2D eigenvalue weighted by atomic mass is 79.9. The van der Waals surface area contributed by atoms with Gasteiger partial charge in [-0.1, -0.05) is 11.6 Å². The first-order valence-corrected chi connectivity index (χ1v) is 9.66. The summed E-state index contributed by atoms with van der Waals surface area (Å²) in [5.74, 6) is 0.814. The van der Waals surface area contributed by atoms with Gasteiger partial charge in [-0.25, -0.2) is 8.42 Å². The number of anilines is 1. The van der Waals surface area contributed by atoms with Gasteiger partial charge in [0.1, 0.15) is 0 Å². The predicted octanol–water partition coefficient (Wildman–Crippen LogP) is 4.33. The summed E-state index contributed by atoms with van der Waals surface area (Å²) in [5, 5.41) is 0.438. The summed E-state index contributed by atoms with van der Waals surface area (Å²) in [6.07, 6.45) is 0. The number of hydrogen-bond donors (Lipinski definition) is 0. The highest BCUT2D eigenvalue weighted by Crippen LogP contribution is 2.34. The fourth-order valence-corrected chi connectivity index (χ4v) is 4.14. The van der Waals surface area contributed by atoms with Gasteiger partial charge in [0.05, 0.1) is 29.8 Å². The quantitative estimate of drug-likeness (QED) is 0.679. The van der Waals surface area contributed by atoms with Gasteiger partial charge in [0, 0.05) is 17.1 Å². The Balaban J connectivity index is 2.52. The molecule has 0 spiro atoms. The minimum atomic E-state index is -3.77. The Bertz CT molecular complexity index is 842. The molecule has 0 N–H and O–H groups in total. The van der Waals surface area contributed by atoms with Gasteiger partial charge < -0.3 is 9.47 Å². The minimum Gasteiger partial charge on any atom is -0.493 e. The molecular weight excluding hydrogens is 418 g/mol. The molecule has 8 heteroatoms. The van der Waals surface area contributed by atoms with Crippen molar-refractivity contribution in [2.75, 3.05) is 25.1 Å². The number of nitrogens with zero attached hydrogens (tertiary/aromatic N) is 1. The second kappa shape index (κ2) is 7.63. The van der Waals surface area contributed by atoms with Crippen molar-refractivity contribution in [3.05, 3.63) is 45.9 Å². The van der Waals surface area contributed by atoms with E-state index < -0.39 is 10.0 Å². The molecule has 0 saturated heterocycles. The van der Waals surface area contributed by atoms with Crippen molar-refractivity contribution in [3.8, 4) is 11.5 Å². The molecule has 0 atom stereocenters. The van der Waals surface area contributed by atoms with E-state index in [-0.39, 0.29) is 11.4 Å². The van der Waals surface area contributed by atoms with Crippen molar-refractivity contribution in [3.63, 3.8) is 0 Å². The number of hydrogen-bond acceptors (Lipinski definition) is 4. The third-order valence-electron chi connectivity index (χ3n) is 3.42. The Kier molecular flexibility index (Phi) is 6.01. The van der Waals surface area contributed by atoms with E-state index >= 15 is 0 Å². The Morgan fingerprint density at radius 3 is 2.29 bits per heavy atom. The van der Waals surface area contributed by atoms with Gasteiger partial charge in [0.15, 0.2) is 11.5 Å². The van der Waals surface area contributed by atoms with Crippen LogP contribution in [-0.2, 0) is 10.0 Å². The largest absolute Gasteiger partial charge is 0.493 e. The van der Waals surface area contributed by atoms with Crippen molar-refractivity contribution < 1.29 is 17.9 Å². The van der Waals surface area contributed by atoms with Crippen LogP contribution in [0.5, 0.6) is 11.5 Å². The molecule has 0 aliphatic heterocycles. The number of rotatable bonds is 6. The van der Waals surface area contributed by atoms with Crippen LogP contribution in [0.25, 0.3) is 0 Å². The number of ether oxygens (including phenoxy) is 2. The van der Waals surface area contributed by atoms with E-state index in [0.29, 0.717) is 26.7 Å². The number of benzene rings is 2. The van der Waals surface area contributed by atoms with Gasteiger partial charge in [-0.15, -0.1) is 0 Å². The zero-order valence-electron chi connectivity index (χ0n) is 13.4. The topological polar surface area (TPSA) is 55.8 Å². The Hall–Kier alpha value is -1.44. The van der Waals surface area contributed by atoms with Crippen molar-refractivity contribution in [1.29, 1.82) is 0 Å². The lowest BCUT2D eigenvalue weighted by Gasteiger charge is -2.23. The van der Waals surface area contributed by atoms with Crippen LogP contribution in [0.2, 0.25) is 5.02 Å². The van der Waals surface area contributed by atoms with Crippen molar-refractivity contribution in [2.45, 2.75) is 11.8 Å². The molecular formula is C16H17BrClNO4S. The average molecular weight is 435 g/mol. The normalized spacial score (nSPS) is 11.2. The monoisotopic (exact) mass is 433 g/mol. The van der Waals surface area contributed by atoms with Crippen LogP contribution in [0, 0.1) is 0 Å². The maximum Gasteiger partial charge on any atom is 0.264 e. The lowest BCUT2D eigenvalue weighted by Crippen LogP contribution is -2.30. The van der Waals surface area contributed by atoms with Crippen molar-refractivity contribution in [2.24, 2.45) is 0 Å². The second-order valence-corrected chi connectivity index (χ2v) is 7.91. The summed E-state index contributed by atoms with van der Waals surface area (Å²) in [4.78, 5) is 0.112. The van der Waals surface area contributed by atoms with Crippen LogP contribution in [0.4, 0.5) is 5.69 Å². The second-order valence-electron chi connectivity index (χ2n) is 4.78. The van der Waals surface area contributed by atoms with E-state index in [9.17, 15) is 8.42 Å². The first-order chi connectivity index (χ1) is 11.3. The standard InChI is InChI=1S/C16H17BrClNO4S/c1-4-19(11-5-7-13(17)14(18)9-11)24(20,21)12-6-8-15(22-2)16(10-12)23-3/h5-10H,4H2,1-3H3. The molecule has 0 aliphatic rings. The summed E-state index contributed by atoms with van der Waals surface area (Å²) < 4.78 is 38.3. The molecule has 0 radical (unpaired) electrons. The van der Waals surface area contributed by atoms with Crippen LogP contribution in [0.1, 0.15) is 6.92 Å². The van der Waals surface area contributed by atoms with E-state index in [0.717, 1.165) is 0 Å². The first-order valence-electron chi connectivity index (χ1n) is 7.05. The van der Waals surface area contributed by atoms with Gasteiger partial charge >= 0.3 is 0 Å². The number of methoxy groups -OCH3 is 2. The minimum absolute atomic E-state index is 0.112. The molecule has 2 rings (SSSR count). The summed E-state index contributed by atoms with van der Waals surface area (Å²) in [5.41, 5.74) is 0.487. The molecule has 0 unspecified atom stereocenters. The SMILES string of the molecule is CCN(c1ccc(Br)c(Cl)c1)S(=O)(=O)c1ccc(OC)c(OC)c1. The molecule has 2 aromatic carbocycles. The van der Waals surface area contributed by atoms with Crippen LogP contribution >= 0.6 is 27.5 Å². The Morgan fingerprint density at radius 1 is 1.08 bits per heavy atom. The first kappa shape index (κ1) is 18.9. The van der Waals surface area contributed by atoms with Gasteiger partial charge in [-0.05, 0) is 53.2 Å². The predicted molar refractivity (Wildman–Crippen MR) is 98.9 cm³/mol. The van der Waals surface area contributed by atoms with E-state index in [1.165, 1.54) is 30.7 Å². The smallest absolute Gasteiger partial charge is 0.264 e. The van der Waals surface area contributed by atoms with Crippen LogP contribution in [0.15, 0.2) is 45.8 Å². The van der Waals surface area contributed by atoms with E-state index in [2.05, 4.69) is 15.9 Å². The molecule has 0 saturated carbocycles. The fraction of sp³-hybridized carbons (Fsp3) is 0.250. The summed E-state index contributed by atoms with van der Waals surface area (Å²) in [7, 11) is -0.815. The molecule has 0 bridgehead atoms. The van der Waals surface area contributed by atoms with Gasteiger partial charge in [-0.2, -0.15) is 0 Å². The third kappa shape index (κ3) is 3.63. The Morgan fingerprint density at radius 2 is 1.75 bits per heavy atom. The maximum absolute atomic E-state index is 13.0. The van der Waals surface area contributed by atoms with Crippen LogP contribution < -0.4 is 13.8 Å². The molecule has 0 amide bonds. The molecule has 24 heavy (non-hydrogen) atoms. The van der Waals surface area contributed by atoms with Crippen molar-refractivity contribution in [1.82, 2.24) is 0 Å². The molecule has 130 valence electrons.